The van der Waals surface area contributed by atoms with Crippen LogP contribution in [0.1, 0.15) is 64.7 Å². The molecule has 0 aliphatic heterocycles. The fourth-order valence-electron chi connectivity index (χ4n) is 2.57. The maximum Gasteiger partial charge on any atom is 0.140 e. The second kappa shape index (κ2) is 8.34. The molecule has 1 saturated carbocycles. The van der Waals surface area contributed by atoms with Crippen molar-refractivity contribution in [3.8, 4) is 0 Å². The lowest BCUT2D eigenvalue weighted by molar-refractivity contribution is 0.312. The molecule has 0 bridgehead atoms. The van der Waals surface area contributed by atoms with Crippen molar-refractivity contribution in [3.63, 3.8) is 0 Å². The average molecular weight is 241 g/mol. The van der Waals surface area contributed by atoms with E-state index in [-0.39, 0.29) is 0 Å². The van der Waals surface area contributed by atoms with Gasteiger partial charge in [-0.1, -0.05) is 44.2 Å². The number of nitrogens with zero attached hydrogens (tertiary/aromatic N) is 1. The van der Waals surface area contributed by atoms with Crippen LogP contribution in [-0.2, 0) is 0 Å². The van der Waals surface area contributed by atoms with Gasteiger partial charge in [-0.05, 0) is 19.3 Å². The summed E-state index contributed by atoms with van der Waals surface area (Å²) < 4.78 is 0. The zero-order valence-electron chi connectivity index (χ0n) is 11.0. The van der Waals surface area contributed by atoms with E-state index in [4.69, 9.17) is 10.9 Å². The number of nitrogens with one attached hydrogen (secondary N) is 1. The van der Waals surface area contributed by atoms with Gasteiger partial charge in [0.25, 0.3) is 0 Å². The summed E-state index contributed by atoms with van der Waals surface area (Å²) in [5.74, 6) is 0.329. The van der Waals surface area contributed by atoms with Gasteiger partial charge in [0.05, 0.1) is 0 Å². The van der Waals surface area contributed by atoms with E-state index in [0.29, 0.717) is 24.3 Å². The average Bonchev–Trinajstić information content (AvgIpc) is 2.30. The van der Waals surface area contributed by atoms with Crippen LogP contribution in [0.2, 0.25) is 0 Å². The van der Waals surface area contributed by atoms with Crippen molar-refractivity contribution in [1.29, 1.82) is 0 Å². The first kappa shape index (κ1) is 14.3. The van der Waals surface area contributed by atoms with E-state index in [0.717, 1.165) is 6.42 Å². The predicted octanol–water partition coefficient (Wildman–Crippen LogP) is 2.60. The minimum absolute atomic E-state index is 0.329. The van der Waals surface area contributed by atoms with Crippen molar-refractivity contribution in [2.45, 2.75) is 76.8 Å². The van der Waals surface area contributed by atoms with Crippen LogP contribution in [0.4, 0.5) is 0 Å². The summed E-state index contributed by atoms with van der Waals surface area (Å²) in [6.45, 7) is 2.14. The van der Waals surface area contributed by atoms with Gasteiger partial charge < -0.3 is 16.3 Å². The number of oxime groups is 1. The van der Waals surface area contributed by atoms with E-state index in [1.807, 2.05) is 0 Å². The monoisotopic (exact) mass is 241 g/mol. The Hall–Kier alpha value is -0.770. The number of nitrogens with two attached hydrogens (primary N) is 1. The molecule has 4 N–H and O–H groups in total. The van der Waals surface area contributed by atoms with E-state index in [1.54, 1.807) is 0 Å². The number of amidine groups is 1. The van der Waals surface area contributed by atoms with Crippen molar-refractivity contribution in [2.75, 3.05) is 0 Å². The zero-order valence-corrected chi connectivity index (χ0v) is 11.0. The standard InChI is InChI=1S/C13H27N3O/c1-2-11(10-13(14)16-17)15-12-8-6-4-3-5-7-9-12/h11-12,15,17H,2-10H2,1H3,(H2,14,16). The Morgan fingerprint density at radius 1 is 1.29 bits per heavy atom. The van der Waals surface area contributed by atoms with Crippen LogP contribution >= 0.6 is 0 Å². The molecule has 4 heteroatoms. The van der Waals surface area contributed by atoms with Gasteiger partial charge in [0.2, 0.25) is 0 Å². The van der Waals surface area contributed by atoms with E-state index < -0.39 is 0 Å². The van der Waals surface area contributed by atoms with Gasteiger partial charge in [-0.25, -0.2) is 0 Å². The van der Waals surface area contributed by atoms with Gasteiger partial charge in [-0.3, -0.25) is 0 Å². The Kier molecular flexibility index (Phi) is 7.01. The second-order valence-corrected chi connectivity index (χ2v) is 5.11. The molecule has 0 aromatic heterocycles. The fourth-order valence-corrected chi connectivity index (χ4v) is 2.57. The molecule has 1 aliphatic rings. The Morgan fingerprint density at radius 3 is 2.41 bits per heavy atom. The number of hydrogen-bond acceptors (Lipinski definition) is 3. The summed E-state index contributed by atoms with van der Waals surface area (Å²) in [6.07, 6.45) is 11.0. The largest absolute Gasteiger partial charge is 0.409 e. The van der Waals surface area contributed by atoms with Crippen LogP contribution in [0.15, 0.2) is 5.16 Å². The molecule has 0 aromatic carbocycles. The minimum atomic E-state index is 0.329. The first-order valence-corrected chi connectivity index (χ1v) is 6.98. The van der Waals surface area contributed by atoms with Crippen LogP contribution < -0.4 is 11.1 Å². The quantitative estimate of drug-likeness (QED) is 0.300. The lowest BCUT2D eigenvalue weighted by Crippen LogP contribution is -2.40. The van der Waals surface area contributed by atoms with E-state index in [9.17, 15) is 0 Å². The Balaban J connectivity index is 2.36. The summed E-state index contributed by atoms with van der Waals surface area (Å²) >= 11 is 0. The van der Waals surface area contributed by atoms with Gasteiger partial charge in [-0.2, -0.15) is 0 Å². The summed E-state index contributed by atoms with van der Waals surface area (Å²) in [4.78, 5) is 0. The first-order valence-electron chi connectivity index (χ1n) is 6.98. The highest BCUT2D eigenvalue weighted by Gasteiger charge is 2.16. The first-order chi connectivity index (χ1) is 8.26. The molecule has 0 heterocycles. The van der Waals surface area contributed by atoms with Crippen molar-refractivity contribution in [2.24, 2.45) is 10.9 Å². The van der Waals surface area contributed by atoms with Crippen molar-refractivity contribution < 1.29 is 5.21 Å². The van der Waals surface area contributed by atoms with Gasteiger partial charge in [0.1, 0.15) is 5.84 Å². The molecule has 0 spiro atoms. The summed E-state index contributed by atoms with van der Waals surface area (Å²) in [7, 11) is 0. The highest BCUT2D eigenvalue weighted by molar-refractivity contribution is 5.80. The summed E-state index contributed by atoms with van der Waals surface area (Å²) in [6, 6.07) is 0.960. The number of hydrogen-bond donors (Lipinski definition) is 3. The highest BCUT2D eigenvalue weighted by Crippen LogP contribution is 2.18. The molecule has 17 heavy (non-hydrogen) atoms. The van der Waals surface area contributed by atoms with Crippen molar-refractivity contribution in [1.82, 2.24) is 5.32 Å². The topological polar surface area (TPSA) is 70.6 Å². The Morgan fingerprint density at radius 2 is 1.88 bits per heavy atom. The molecular formula is C13H27N3O. The molecule has 4 nitrogen and oxygen atoms in total. The van der Waals surface area contributed by atoms with Crippen molar-refractivity contribution in [3.05, 3.63) is 0 Å². The second-order valence-electron chi connectivity index (χ2n) is 5.11. The molecule has 100 valence electrons. The molecular weight excluding hydrogens is 214 g/mol. The predicted molar refractivity (Wildman–Crippen MR) is 71.3 cm³/mol. The van der Waals surface area contributed by atoms with Gasteiger partial charge in [-0.15, -0.1) is 0 Å². The smallest absolute Gasteiger partial charge is 0.140 e. The molecule has 0 saturated heterocycles. The molecule has 0 amide bonds. The lowest BCUT2D eigenvalue weighted by Gasteiger charge is -2.26. The third kappa shape index (κ3) is 5.91. The van der Waals surface area contributed by atoms with Crippen LogP contribution in [0.5, 0.6) is 0 Å². The van der Waals surface area contributed by atoms with Crippen LogP contribution in [0, 0.1) is 0 Å². The fraction of sp³-hybridized carbons (Fsp3) is 0.923. The molecule has 0 radical (unpaired) electrons. The molecule has 1 unspecified atom stereocenters. The summed E-state index contributed by atoms with van der Waals surface area (Å²) in [5, 5.41) is 15.3. The van der Waals surface area contributed by atoms with Gasteiger partial charge in [0, 0.05) is 18.5 Å². The summed E-state index contributed by atoms with van der Waals surface area (Å²) in [5.41, 5.74) is 5.57. The van der Waals surface area contributed by atoms with Crippen LogP contribution in [0.3, 0.4) is 0 Å². The maximum absolute atomic E-state index is 8.60. The van der Waals surface area contributed by atoms with Gasteiger partial charge in [0.15, 0.2) is 0 Å². The molecule has 1 atom stereocenters. The van der Waals surface area contributed by atoms with E-state index in [2.05, 4.69) is 17.4 Å². The van der Waals surface area contributed by atoms with Crippen LogP contribution in [0.25, 0.3) is 0 Å². The molecule has 1 aliphatic carbocycles. The third-order valence-corrected chi connectivity index (χ3v) is 3.65. The number of rotatable bonds is 5. The van der Waals surface area contributed by atoms with Crippen molar-refractivity contribution >= 4 is 5.84 Å². The maximum atomic E-state index is 8.60. The van der Waals surface area contributed by atoms with Gasteiger partial charge >= 0.3 is 0 Å². The third-order valence-electron chi connectivity index (χ3n) is 3.65. The van der Waals surface area contributed by atoms with Crippen LogP contribution in [-0.4, -0.2) is 23.1 Å². The van der Waals surface area contributed by atoms with E-state index >= 15 is 0 Å². The molecule has 1 fully saturated rings. The molecule has 0 aromatic rings. The lowest BCUT2D eigenvalue weighted by atomic mass is 9.95. The highest BCUT2D eigenvalue weighted by atomic mass is 16.4. The normalized spacial score (nSPS) is 21.8. The minimum Gasteiger partial charge on any atom is -0.409 e. The Labute approximate surface area is 105 Å². The van der Waals surface area contributed by atoms with E-state index in [1.165, 1.54) is 44.9 Å². The zero-order chi connectivity index (χ0) is 12.5. The Bertz CT molecular complexity index is 223. The SMILES string of the molecule is CCC(CC(N)=NO)NC1CCCCCCC1. The molecule has 1 rings (SSSR count).